The molecular weight excluding hydrogens is 524 g/mol. The molecule has 39 heavy (non-hydrogen) atoms. The predicted octanol–water partition coefficient (Wildman–Crippen LogP) is 1.47. The Hall–Kier alpha value is -3.91. The van der Waals surface area contributed by atoms with E-state index in [1.807, 2.05) is 0 Å². The summed E-state index contributed by atoms with van der Waals surface area (Å²) >= 11 is 0. The SMILES string of the molecule is CO[C@@H]1CCN(N(C[C@H](NS(=O)(=O)c2ccccc2)C(=O)O)C(=O)c2ccccc2)C[C@H]1Nc1ncccn1. The van der Waals surface area contributed by atoms with Crippen LogP contribution in [-0.2, 0) is 19.6 Å². The molecule has 2 aromatic carbocycles. The molecule has 0 bridgehead atoms. The van der Waals surface area contributed by atoms with Crippen molar-refractivity contribution in [1.82, 2.24) is 24.7 Å². The second-order valence-electron chi connectivity index (χ2n) is 8.88. The fourth-order valence-corrected chi connectivity index (χ4v) is 5.54. The lowest BCUT2D eigenvalue weighted by atomic mass is 10.0. The summed E-state index contributed by atoms with van der Waals surface area (Å²) in [5.74, 6) is -1.50. The molecule has 1 aromatic heterocycles. The van der Waals surface area contributed by atoms with E-state index in [9.17, 15) is 23.1 Å². The van der Waals surface area contributed by atoms with Gasteiger partial charge in [-0.05, 0) is 36.8 Å². The van der Waals surface area contributed by atoms with Crippen molar-refractivity contribution in [2.75, 3.05) is 32.1 Å². The third-order valence-electron chi connectivity index (χ3n) is 6.31. The number of aliphatic carboxylic acids is 1. The van der Waals surface area contributed by atoms with Crippen LogP contribution in [0.4, 0.5) is 5.95 Å². The van der Waals surface area contributed by atoms with Crippen molar-refractivity contribution in [3.05, 3.63) is 84.7 Å². The molecule has 1 saturated heterocycles. The molecule has 4 rings (SSSR count). The molecule has 1 aliphatic heterocycles. The van der Waals surface area contributed by atoms with Crippen LogP contribution in [0.15, 0.2) is 84.0 Å². The summed E-state index contributed by atoms with van der Waals surface area (Å²) in [5, 5.41) is 16.2. The number of amides is 1. The highest BCUT2D eigenvalue weighted by Gasteiger charge is 2.37. The van der Waals surface area contributed by atoms with Crippen molar-refractivity contribution in [2.45, 2.75) is 29.5 Å². The summed E-state index contributed by atoms with van der Waals surface area (Å²) in [7, 11) is -2.58. The number of piperidine rings is 1. The monoisotopic (exact) mass is 554 g/mol. The van der Waals surface area contributed by atoms with Crippen molar-refractivity contribution in [2.24, 2.45) is 0 Å². The lowest BCUT2D eigenvalue weighted by molar-refractivity contribution is -0.140. The Morgan fingerprint density at radius 1 is 1.08 bits per heavy atom. The second-order valence-corrected chi connectivity index (χ2v) is 10.6. The molecule has 0 spiro atoms. The molecule has 0 unspecified atom stereocenters. The molecule has 1 aliphatic rings. The van der Waals surface area contributed by atoms with Crippen LogP contribution in [0.3, 0.4) is 0 Å². The van der Waals surface area contributed by atoms with Crippen LogP contribution in [0.5, 0.6) is 0 Å². The van der Waals surface area contributed by atoms with Gasteiger partial charge in [0.25, 0.3) is 5.91 Å². The maximum atomic E-state index is 13.7. The van der Waals surface area contributed by atoms with E-state index >= 15 is 0 Å². The van der Waals surface area contributed by atoms with Crippen molar-refractivity contribution in [3.8, 4) is 0 Å². The number of carbonyl (C=O) groups is 2. The molecule has 3 atom stereocenters. The van der Waals surface area contributed by atoms with Crippen molar-refractivity contribution >= 4 is 27.8 Å². The van der Waals surface area contributed by atoms with Gasteiger partial charge in [0, 0.05) is 38.2 Å². The Morgan fingerprint density at radius 2 is 1.72 bits per heavy atom. The van der Waals surface area contributed by atoms with E-state index in [1.54, 1.807) is 79.1 Å². The van der Waals surface area contributed by atoms with Gasteiger partial charge in [0.1, 0.15) is 6.04 Å². The number of methoxy groups -OCH3 is 1. The predicted molar refractivity (Wildman–Crippen MR) is 142 cm³/mol. The van der Waals surface area contributed by atoms with E-state index in [0.29, 0.717) is 24.5 Å². The number of nitrogens with one attached hydrogen (secondary N) is 2. The zero-order valence-electron chi connectivity index (χ0n) is 21.3. The lowest BCUT2D eigenvalue weighted by Gasteiger charge is -2.44. The second kappa shape index (κ2) is 12.8. The first kappa shape index (κ1) is 28.1. The first-order valence-electron chi connectivity index (χ1n) is 12.3. The Kier molecular flexibility index (Phi) is 9.19. The molecule has 1 fully saturated rings. The van der Waals surface area contributed by atoms with Gasteiger partial charge in [-0.1, -0.05) is 36.4 Å². The summed E-state index contributed by atoms with van der Waals surface area (Å²) in [6.07, 6.45) is 3.47. The first-order chi connectivity index (χ1) is 18.8. The molecule has 0 saturated carbocycles. The third kappa shape index (κ3) is 7.15. The summed E-state index contributed by atoms with van der Waals surface area (Å²) in [4.78, 5) is 34.3. The van der Waals surface area contributed by atoms with E-state index in [-0.39, 0.29) is 23.6 Å². The van der Waals surface area contributed by atoms with Crippen LogP contribution >= 0.6 is 0 Å². The van der Waals surface area contributed by atoms with Crippen LogP contribution < -0.4 is 10.0 Å². The highest BCUT2D eigenvalue weighted by molar-refractivity contribution is 7.89. The number of anilines is 1. The standard InChI is InChI=1S/C26H30N6O6S/c1-38-23-13-16-31(17-21(23)29-26-27-14-8-15-28-26)32(24(33)19-9-4-2-5-10-19)18-22(25(34)35)30-39(36,37)20-11-6-3-7-12-20/h2-12,14-15,21-23,30H,13,16-18H2,1H3,(H,34,35)(H,27,28,29)/t21-,22+,23-/m1/s1. The average Bonchev–Trinajstić information content (AvgIpc) is 2.96. The Balaban J connectivity index is 1.62. The number of hydrogen-bond donors (Lipinski definition) is 3. The minimum absolute atomic E-state index is 0.0785. The normalized spacial score (nSPS) is 18.7. The van der Waals surface area contributed by atoms with Crippen molar-refractivity contribution < 1.29 is 27.9 Å². The van der Waals surface area contributed by atoms with Gasteiger partial charge >= 0.3 is 5.97 Å². The summed E-state index contributed by atoms with van der Waals surface area (Å²) in [6, 6.07) is 15.6. The van der Waals surface area contributed by atoms with Crippen LogP contribution in [0.1, 0.15) is 16.8 Å². The van der Waals surface area contributed by atoms with Gasteiger partial charge in [0.15, 0.2) is 0 Å². The zero-order valence-corrected chi connectivity index (χ0v) is 22.1. The third-order valence-corrected chi connectivity index (χ3v) is 7.80. The number of sulfonamides is 1. The van der Waals surface area contributed by atoms with Gasteiger partial charge in [-0.15, -0.1) is 0 Å². The number of rotatable bonds is 11. The fourth-order valence-electron chi connectivity index (χ4n) is 4.34. The minimum atomic E-state index is -4.17. The summed E-state index contributed by atoms with van der Waals surface area (Å²) in [6.45, 7) is 0.164. The molecule has 206 valence electrons. The van der Waals surface area contributed by atoms with Gasteiger partial charge in [0.05, 0.1) is 23.6 Å². The molecule has 13 heteroatoms. The summed E-state index contributed by atoms with van der Waals surface area (Å²) < 4.78 is 33.8. The summed E-state index contributed by atoms with van der Waals surface area (Å²) in [5.41, 5.74) is 0.331. The smallest absolute Gasteiger partial charge is 0.323 e. The highest BCUT2D eigenvalue weighted by atomic mass is 32.2. The fraction of sp³-hybridized carbons (Fsp3) is 0.308. The number of hydrogen-bond acceptors (Lipinski definition) is 9. The topological polar surface area (TPSA) is 154 Å². The minimum Gasteiger partial charge on any atom is -0.480 e. The highest BCUT2D eigenvalue weighted by Crippen LogP contribution is 2.21. The van der Waals surface area contributed by atoms with E-state index in [1.165, 1.54) is 17.1 Å². The zero-order chi connectivity index (χ0) is 27.8. The quantitative estimate of drug-likeness (QED) is 0.317. The largest absolute Gasteiger partial charge is 0.480 e. The molecule has 2 heterocycles. The van der Waals surface area contributed by atoms with Crippen molar-refractivity contribution in [3.63, 3.8) is 0 Å². The van der Waals surface area contributed by atoms with E-state index in [4.69, 9.17) is 4.74 Å². The Bertz CT molecular complexity index is 1350. The van der Waals surface area contributed by atoms with Crippen LogP contribution in [0, 0.1) is 0 Å². The molecule has 0 aliphatic carbocycles. The van der Waals surface area contributed by atoms with Gasteiger partial charge in [-0.2, -0.15) is 4.72 Å². The number of benzene rings is 2. The molecule has 12 nitrogen and oxygen atoms in total. The van der Waals surface area contributed by atoms with E-state index in [2.05, 4.69) is 20.0 Å². The number of aromatic nitrogens is 2. The lowest BCUT2D eigenvalue weighted by Crippen LogP contribution is -2.61. The number of nitrogens with zero attached hydrogens (tertiary/aromatic N) is 4. The Labute approximate surface area is 226 Å². The maximum absolute atomic E-state index is 13.7. The molecule has 3 N–H and O–H groups in total. The number of carbonyl (C=O) groups excluding carboxylic acids is 1. The molecule has 3 aromatic rings. The average molecular weight is 555 g/mol. The van der Waals surface area contributed by atoms with Gasteiger partial charge in [0.2, 0.25) is 16.0 Å². The van der Waals surface area contributed by atoms with Crippen LogP contribution in [0.25, 0.3) is 0 Å². The van der Waals surface area contributed by atoms with E-state index < -0.39 is 34.5 Å². The van der Waals surface area contributed by atoms with Crippen molar-refractivity contribution in [1.29, 1.82) is 0 Å². The maximum Gasteiger partial charge on any atom is 0.323 e. The number of hydrazine groups is 1. The molecular formula is C26H30N6O6S. The van der Waals surface area contributed by atoms with Crippen LogP contribution in [-0.4, -0.2) is 90.3 Å². The van der Waals surface area contributed by atoms with Crippen LogP contribution in [0.2, 0.25) is 0 Å². The number of ether oxygens (including phenoxy) is 1. The van der Waals surface area contributed by atoms with Gasteiger partial charge < -0.3 is 15.2 Å². The number of carboxylic acids is 1. The molecule has 1 amide bonds. The van der Waals surface area contributed by atoms with Gasteiger partial charge in [-0.3, -0.25) is 14.6 Å². The Morgan fingerprint density at radius 3 is 2.33 bits per heavy atom. The molecule has 0 radical (unpaired) electrons. The number of carboxylic acid groups (broad SMARTS) is 1. The van der Waals surface area contributed by atoms with Gasteiger partial charge in [-0.25, -0.2) is 23.4 Å². The van der Waals surface area contributed by atoms with E-state index in [0.717, 1.165) is 0 Å². The first-order valence-corrected chi connectivity index (χ1v) is 13.7.